The van der Waals surface area contributed by atoms with Crippen LogP contribution in [0.1, 0.15) is 63.4 Å². The molecule has 1 saturated carbocycles. The van der Waals surface area contributed by atoms with Gasteiger partial charge in [0.2, 0.25) is 0 Å². The Bertz CT molecular complexity index is 445. The lowest BCUT2D eigenvalue weighted by atomic mass is 9.76. The molecule has 2 nitrogen and oxygen atoms in total. The monoisotopic (exact) mass is 287 g/mol. The van der Waals surface area contributed by atoms with E-state index < -0.39 is 0 Å². The van der Waals surface area contributed by atoms with Gasteiger partial charge in [0.25, 0.3) is 0 Å². The highest BCUT2D eigenvalue weighted by molar-refractivity contribution is 5.37. The van der Waals surface area contributed by atoms with Crippen molar-refractivity contribution in [3.63, 3.8) is 0 Å². The Labute approximate surface area is 129 Å². The van der Waals surface area contributed by atoms with Crippen molar-refractivity contribution in [3.05, 3.63) is 29.8 Å². The molecule has 1 heterocycles. The molecule has 0 bridgehead atoms. The zero-order valence-electron chi connectivity index (χ0n) is 13.3. The molecule has 1 fully saturated rings. The van der Waals surface area contributed by atoms with Crippen molar-refractivity contribution in [2.75, 3.05) is 13.2 Å². The van der Waals surface area contributed by atoms with Gasteiger partial charge in [-0.2, -0.15) is 0 Å². The van der Waals surface area contributed by atoms with Crippen LogP contribution >= 0.6 is 0 Å². The average molecular weight is 287 g/mol. The van der Waals surface area contributed by atoms with Crippen LogP contribution in [0.25, 0.3) is 0 Å². The lowest BCUT2D eigenvalue weighted by Crippen LogP contribution is -2.39. The Morgan fingerprint density at radius 3 is 2.90 bits per heavy atom. The molecule has 2 heteroatoms. The molecule has 1 aromatic carbocycles. The molecule has 0 radical (unpaired) electrons. The minimum Gasteiger partial charge on any atom is -0.493 e. The maximum atomic E-state index is 5.82. The highest BCUT2D eigenvalue weighted by Gasteiger charge is 2.30. The molecular formula is C19H29NO. The average Bonchev–Trinajstić information content (AvgIpc) is 2.54. The third-order valence-corrected chi connectivity index (χ3v) is 5.24. The van der Waals surface area contributed by atoms with E-state index in [1.807, 2.05) is 0 Å². The summed E-state index contributed by atoms with van der Waals surface area (Å²) < 4.78 is 5.82. The SMILES string of the molecule is CCCNC1CCCCC1CC1CCOc2ccccc21. The summed E-state index contributed by atoms with van der Waals surface area (Å²) in [5.74, 6) is 2.67. The van der Waals surface area contributed by atoms with Gasteiger partial charge in [-0.05, 0) is 62.1 Å². The third-order valence-electron chi connectivity index (χ3n) is 5.24. The highest BCUT2D eigenvalue weighted by Crippen LogP contribution is 2.40. The van der Waals surface area contributed by atoms with Crippen LogP contribution in [0.2, 0.25) is 0 Å². The molecule has 116 valence electrons. The number of rotatable bonds is 5. The van der Waals surface area contributed by atoms with Gasteiger partial charge in [0.05, 0.1) is 6.61 Å². The minimum absolute atomic E-state index is 0.698. The predicted molar refractivity (Wildman–Crippen MR) is 88.0 cm³/mol. The molecule has 0 amide bonds. The van der Waals surface area contributed by atoms with Gasteiger partial charge in [0.1, 0.15) is 5.75 Å². The number of hydrogen-bond acceptors (Lipinski definition) is 2. The first-order chi connectivity index (χ1) is 10.4. The van der Waals surface area contributed by atoms with Crippen molar-refractivity contribution < 1.29 is 4.74 Å². The smallest absolute Gasteiger partial charge is 0.122 e. The molecule has 0 aromatic heterocycles. The zero-order chi connectivity index (χ0) is 14.5. The predicted octanol–water partition coefficient (Wildman–Crippen LogP) is 4.50. The zero-order valence-corrected chi connectivity index (χ0v) is 13.3. The standard InChI is InChI=1S/C19H29NO/c1-2-12-20-18-9-5-3-7-16(18)14-15-11-13-21-19-10-6-4-8-17(15)19/h4,6,8,10,15-16,18,20H,2-3,5,7,9,11-14H2,1H3. The molecule has 3 atom stereocenters. The van der Waals surface area contributed by atoms with Crippen molar-refractivity contribution in [3.8, 4) is 5.75 Å². The second-order valence-corrected chi connectivity index (χ2v) is 6.71. The summed E-state index contributed by atoms with van der Waals surface area (Å²) >= 11 is 0. The lowest BCUT2D eigenvalue weighted by molar-refractivity contribution is 0.206. The van der Waals surface area contributed by atoms with Gasteiger partial charge >= 0.3 is 0 Å². The van der Waals surface area contributed by atoms with E-state index in [2.05, 4.69) is 36.5 Å². The lowest BCUT2D eigenvalue weighted by Gasteiger charge is -2.36. The van der Waals surface area contributed by atoms with Crippen molar-refractivity contribution in [1.82, 2.24) is 5.32 Å². The van der Waals surface area contributed by atoms with E-state index in [1.54, 1.807) is 0 Å². The topological polar surface area (TPSA) is 21.3 Å². The van der Waals surface area contributed by atoms with Gasteiger partial charge < -0.3 is 10.1 Å². The molecule has 1 aromatic rings. The number of nitrogens with one attached hydrogen (secondary N) is 1. The van der Waals surface area contributed by atoms with Crippen LogP contribution in [0.4, 0.5) is 0 Å². The molecule has 21 heavy (non-hydrogen) atoms. The molecule has 0 saturated heterocycles. The molecule has 0 spiro atoms. The summed E-state index contributed by atoms with van der Waals surface area (Å²) in [4.78, 5) is 0. The molecule has 1 aliphatic carbocycles. The van der Waals surface area contributed by atoms with E-state index in [0.29, 0.717) is 5.92 Å². The first-order valence-corrected chi connectivity index (χ1v) is 8.83. The van der Waals surface area contributed by atoms with E-state index in [4.69, 9.17) is 4.74 Å². The fourth-order valence-corrected chi connectivity index (χ4v) is 4.11. The largest absolute Gasteiger partial charge is 0.493 e. The first-order valence-electron chi connectivity index (χ1n) is 8.83. The summed E-state index contributed by atoms with van der Waals surface area (Å²) in [6, 6.07) is 9.40. The fourth-order valence-electron chi connectivity index (χ4n) is 4.11. The Hall–Kier alpha value is -1.02. The van der Waals surface area contributed by atoms with Crippen molar-refractivity contribution in [1.29, 1.82) is 0 Å². The number of para-hydroxylation sites is 1. The van der Waals surface area contributed by atoms with Gasteiger partial charge in [-0.15, -0.1) is 0 Å². The molecule has 2 aliphatic rings. The van der Waals surface area contributed by atoms with Gasteiger partial charge in [-0.3, -0.25) is 0 Å². The van der Waals surface area contributed by atoms with Crippen LogP contribution in [0.15, 0.2) is 24.3 Å². The maximum absolute atomic E-state index is 5.82. The van der Waals surface area contributed by atoms with Crippen LogP contribution in [0, 0.1) is 5.92 Å². The van der Waals surface area contributed by atoms with Gasteiger partial charge in [-0.1, -0.05) is 38.0 Å². The number of ether oxygens (including phenoxy) is 1. The van der Waals surface area contributed by atoms with Gasteiger partial charge in [0.15, 0.2) is 0 Å². The Balaban J connectivity index is 1.67. The van der Waals surface area contributed by atoms with E-state index >= 15 is 0 Å². The summed E-state index contributed by atoms with van der Waals surface area (Å²) in [7, 11) is 0. The van der Waals surface area contributed by atoms with Crippen LogP contribution in [0.5, 0.6) is 5.75 Å². The molecule has 1 N–H and O–H groups in total. The summed E-state index contributed by atoms with van der Waals surface area (Å²) in [5, 5.41) is 3.80. The molecule has 3 unspecified atom stereocenters. The summed E-state index contributed by atoms with van der Waals surface area (Å²) in [6.07, 6.45) is 9.36. The fraction of sp³-hybridized carbons (Fsp3) is 0.684. The van der Waals surface area contributed by atoms with Gasteiger partial charge in [-0.25, -0.2) is 0 Å². The number of benzene rings is 1. The van der Waals surface area contributed by atoms with Crippen molar-refractivity contribution in [2.45, 2.75) is 63.8 Å². The van der Waals surface area contributed by atoms with Crippen LogP contribution in [-0.2, 0) is 0 Å². The summed E-state index contributed by atoms with van der Waals surface area (Å²) in [5.41, 5.74) is 1.45. The maximum Gasteiger partial charge on any atom is 0.122 e. The van der Waals surface area contributed by atoms with Crippen molar-refractivity contribution >= 4 is 0 Å². The Morgan fingerprint density at radius 1 is 1.14 bits per heavy atom. The highest BCUT2D eigenvalue weighted by atomic mass is 16.5. The minimum atomic E-state index is 0.698. The Morgan fingerprint density at radius 2 is 2.00 bits per heavy atom. The Kier molecular flexibility index (Phi) is 5.18. The van der Waals surface area contributed by atoms with E-state index in [-0.39, 0.29) is 0 Å². The van der Waals surface area contributed by atoms with E-state index in [0.717, 1.165) is 24.3 Å². The normalized spacial score (nSPS) is 28.7. The molecule has 3 rings (SSSR count). The first kappa shape index (κ1) is 14.9. The van der Waals surface area contributed by atoms with Crippen LogP contribution in [0.3, 0.4) is 0 Å². The quantitative estimate of drug-likeness (QED) is 0.861. The number of fused-ring (bicyclic) bond motifs is 1. The van der Waals surface area contributed by atoms with E-state index in [9.17, 15) is 0 Å². The second-order valence-electron chi connectivity index (χ2n) is 6.71. The van der Waals surface area contributed by atoms with Crippen LogP contribution in [-0.4, -0.2) is 19.2 Å². The molecule has 1 aliphatic heterocycles. The van der Waals surface area contributed by atoms with Crippen LogP contribution < -0.4 is 10.1 Å². The molecular weight excluding hydrogens is 258 g/mol. The van der Waals surface area contributed by atoms with E-state index in [1.165, 1.54) is 57.1 Å². The third kappa shape index (κ3) is 3.60. The summed E-state index contributed by atoms with van der Waals surface area (Å²) in [6.45, 7) is 4.33. The number of hydrogen-bond donors (Lipinski definition) is 1. The van der Waals surface area contributed by atoms with Gasteiger partial charge in [0, 0.05) is 6.04 Å². The second kappa shape index (κ2) is 7.31. The van der Waals surface area contributed by atoms with Crippen molar-refractivity contribution in [2.24, 2.45) is 5.92 Å².